The molecular formula is C22H24N4O5S2. The van der Waals surface area contributed by atoms with Crippen LogP contribution in [0.15, 0.2) is 39.0 Å². The molecule has 33 heavy (non-hydrogen) atoms. The number of carbonyl (C=O) groups excluding carboxylic acids is 1. The second-order valence-electron chi connectivity index (χ2n) is 8.79. The molecule has 1 unspecified atom stereocenters. The summed E-state index contributed by atoms with van der Waals surface area (Å²) in [5, 5.41) is 23.7. The number of rotatable bonds is 5. The monoisotopic (exact) mass is 488 g/mol. The Bertz CT molecular complexity index is 1140. The van der Waals surface area contributed by atoms with E-state index in [1.807, 2.05) is 18.7 Å². The van der Waals surface area contributed by atoms with Crippen LogP contribution >= 0.6 is 23.1 Å². The van der Waals surface area contributed by atoms with Gasteiger partial charge in [-0.05, 0) is 10.8 Å². The van der Waals surface area contributed by atoms with E-state index < -0.39 is 10.8 Å². The third-order valence-corrected chi connectivity index (χ3v) is 8.03. The number of nitro groups is 1. The Hall–Kier alpha value is -2.81. The number of nitriles is 1. The normalized spacial score (nSPS) is 22.5. The zero-order valence-electron chi connectivity index (χ0n) is 18.4. The molecule has 11 heteroatoms. The predicted molar refractivity (Wildman–Crippen MR) is 126 cm³/mol. The number of ether oxygens (including phenoxy) is 2. The number of nitrogens with zero attached hydrogens (tertiary/aromatic N) is 3. The first-order valence-electron chi connectivity index (χ1n) is 10.4. The maximum absolute atomic E-state index is 13.3. The third kappa shape index (κ3) is 4.14. The minimum atomic E-state index is -0.817. The average molecular weight is 489 g/mol. The van der Waals surface area contributed by atoms with Gasteiger partial charge < -0.3 is 20.1 Å². The Labute approximate surface area is 199 Å². The number of hydrogen-bond donors (Lipinski definition) is 1. The number of ketones is 1. The molecule has 0 radical (unpaired) electrons. The fourth-order valence-electron chi connectivity index (χ4n) is 4.56. The smallest absolute Gasteiger partial charge is 0.317 e. The van der Waals surface area contributed by atoms with Gasteiger partial charge in [0.2, 0.25) is 5.88 Å². The molecule has 1 saturated heterocycles. The molecule has 174 valence electrons. The summed E-state index contributed by atoms with van der Waals surface area (Å²) in [6.07, 6.45) is 0.775. The standard InChI is InChI=1S/C22H24N4O5S2/c1-4-32-21-18(26(28)29)17(25-5-7-30-8-6-25)19(33-21)15-12(11-23)20(24)31-14-10-22(2,3)9-13(27)16(14)15/h4,15H,1,5-10,24H2,2-3H3. The Morgan fingerprint density at radius 3 is 2.70 bits per heavy atom. The van der Waals surface area contributed by atoms with Gasteiger partial charge in [-0.15, -0.1) is 11.3 Å². The molecule has 2 N–H and O–H groups in total. The summed E-state index contributed by atoms with van der Waals surface area (Å²) in [5.74, 6) is -0.565. The Morgan fingerprint density at radius 1 is 1.39 bits per heavy atom. The molecule has 0 saturated carbocycles. The first kappa shape index (κ1) is 23.4. The van der Waals surface area contributed by atoms with Crippen molar-refractivity contribution in [1.82, 2.24) is 0 Å². The minimum absolute atomic E-state index is 0.0464. The van der Waals surface area contributed by atoms with Crippen molar-refractivity contribution in [1.29, 1.82) is 5.26 Å². The molecule has 0 spiro atoms. The zero-order chi connectivity index (χ0) is 23.9. The molecule has 0 aromatic carbocycles. The van der Waals surface area contributed by atoms with E-state index in [2.05, 4.69) is 12.6 Å². The molecule has 0 bridgehead atoms. The fourth-order valence-corrected chi connectivity index (χ4v) is 6.81. The average Bonchev–Trinajstić information content (AvgIpc) is 3.12. The summed E-state index contributed by atoms with van der Waals surface area (Å²) in [7, 11) is 0. The molecule has 1 fully saturated rings. The molecule has 1 atom stereocenters. The first-order chi connectivity index (χ1) is 15.7. The Kier molecular flexibility index (Phi) is 6.26. The van der Waals surface area contributed by atoms with E-state index in [-0.39, 0.29) is 28.3 Å². The maximum atomic E-state index is 13.3. The summed E-state index contributed by atoms with van der Waals surface area (Å²) in [6, 6.07) is 2.11. The number of carbonyl (C=O) groups is 1. The van der Waals surface area contributed by atoms with Gasteiger partial charge in [-0.25, -0.2) is 0 Å². The number of hydrogen-bond acceptors (Lipinski definition) is 10. The van der Waals surface area contributed by atoms with E-state index in [0.29, 0.717) is 65.3 Å². The summed E-state index contributed by atoms with van der Waals surface area (Å²) in [6.45, 7) is 9.42. The molecule has 3 aliphatic rings. The number of anilines is 1. The van der Waals surface area contributed by atoms with Crippen molar-refractivity contribution < 1.29 is 19.2 Å². The minimum Gasteiger partial charge on any atom is -0.444 e. The van der Waals surface area contributed by atoms with E-state index >= 15 is 0 Å². The number of thiophene rings is 1. The third-order valence-electron chi connectivity index (χ3n) is 5.89. The molecule has 3 heterocycles. The number of allylic oxidation sites excluding steroid dienone is 3. The van der Waals surface area contributed by atoms with Crippen LogP contribution in [0.1, 0.15) is 37.5 Å². The van der Waals surface area contributed by atoms with Gasteiger partial charge in [-0.3, -0.25) is 14.9 Å². The van der Waals surface area contributed by atoms with Crippen LogP contribution in [-0.2, 0) is 14.3 Å². The lowest BCUT2D eigenvalue weighted by Gasteiger charge is -2.37. The topological polar surface area (TPSA) is 132 Å². The highest BCUT2D eigenvalue weighted by atomic mass is 32.2. The lowest BCUT2D eigenvalue weighted by Crippen LogP contribution is -2.38. The van der Waals surface area contributed by atoms with Crippen LogP contribution in [-0.4, -0.2) is 37.0 Å². The summed E-state index contributed by atoms with van der Waals surface area (Å²) in [4.78, 5) is 27.6. The van der Waals surface area contributed by atoms with Crippen LogP contribution in [0, 0.1) is 26.9 Å². The molecule has 9 nitrogen and oxygen atoms in total. The van der Waals surface area contributed by atoms with E-state index in [0.717, 1.165) is 11.8 Å². The van der Waals surface area contributed by atoms with Crippen molar-refractivity contribution in [2.24, 2.45) is 11.1 Å². The van der Waals surface area contributed by atoms with Gasteiger partial charge in [0.25, 0.3) is 0 Å². The SMILES string of the molecule is C=CSc1sc(C2C(C#N)=C(N)OC3=C2C(=O)CC(C)(C)C3)c(N2CCOCC2)c1[N+](=O)[O-]. The van der Waals surface area contributed by atoms with Gasteiger partial charge in [0.15, 0.2) is 5.78 Å². The summed E-state index contributed by atoms with van der Waals surface area (Å²) in [5.41, 5.74) is 6.68. The van der Waals surface area contributed by atoms with Crippen molar-refractivity contribution in [3.05, 3.63) is 49.8 Å². The lowest BCUT2D eigenvalue weighted by atomic mass is 9.71. The van der Waals surface area contributed by atoms with Crippen molar-refractivity contribution in [3.63, 3.8) is 0 Å². The summed E-state index contributed by atoms with van der Waals surface area (Å²) < 4.78 is 11.7. The van der Waals surface area contributed by atoms with Gasteiger partial charge in [-0.2, -0.15) is 5.26 Å². The first-order valence-corrected chi connectivity index (χ1v) is 12.1. The Balaban J connectivity index is 1.99. The number of nitrogens with two attached hydrogens (primary N) is 1. The van der Waals surface area contributed by atoms with Gasteiger partial charge >= 0.3 is 5.69 Å². The number of Topliss-reactive ketones (excluding diaryl/α,β-unsaturated/α-hetero) is 1. The number of thioether (sulfide) groups is 1. The van der Waals surface area contributed by atoms with Gasteiger partial charge in [0, 0.05) is 36.4 Å². The maximum Gasteiger partial charge on any atom is 0.317 e. The predicted octanol–water partition coefficient (Wildman–Crippen LogP) is 4.18. The molecular weight excluding hydrogens is 464 g/mol. The van der Waals surface area contributed by atoms with Gasteiger partial charge in [0.1, 0.15) is 27.3 Å². The molecule has 1 aliphatic carbocycles. The Morgan fingerprint density at radius 2 is 2.09 bits per heavy atom. The molecule has 1 aromatic heterocycles. The highest BCUT2D eigenvalue weighted by Crippen LogP contribution is 2.56. The fraction of sp³-hybridized carbons (Fsp3) is 0.455. The molecule has 1 aromatic rings. The van der Waals surface area contributed by atoms with Crippen molar-refractivity contribution in [2.75, 3.05) is 31.2 Å². The molecule has 0 amide bonds. The van der Waals surface area contributed by atoms with E-state index in [9.17, 15) is 20.2 Å². The van der Waals surface area contributed by atoms with Crippen LogP contribution in [0.3, 0.4) is 0 Å². The van der Waals surface area contributed by atoms with Crippen molar-refractivity contribution in [3.8, 4) is 6.07 Å². The van der Waals surface area contributed by atoms with Crippen LogP contribution in [0.4, 0.5) is 11.4 Å². The van der Waals surface area contributed by atoms with Crippen LogP contribution < -0.4 is 10.6 Å². The quantitative estimate of drug-likeness (QED) is 0.368. The van der Waals surface area contributed by atoms with Crippen LogP contribution in [0.2, 0.25) is 0 Å². The zero-order valence-corrected chi connectivity index (χ0v) is 20.0. The highest BCUT2D eigenvalue weighted by Gasteiger charge is 2.46. The second kappa shape index (κ2) is 8.85. The van der Waals surface area contributed by atoms with E-state index in [1.165, 1.54) is 16.7 Å². The second-order valence-corrected chi connectivity index (χ2v) is 11.1. The van der Waals surface area contributed by atoms with E-state index in [1.54, 1.807) is 0 Å². The lowest BCUT2D eigenvalue weighted by molar-refractivity contribution is -0.386. The van der Waals surface area contributed by atoms with Crippen molar-refractivity contribution >= 4 is 40.3 Å². The van der Waals surface area contributed by atoms with Gasteiger partial charge in [0.05, 0.1) is 24.1 Å². The van der Waals surface area contributed by atoms with E-state index in [4.69, 9.17) is 15.2 Å². The highest BCUT2D eigenvalue weighted by molar-refractivity contribution is 8.04. The largest absolute Gasteiger partial charge is 0.444 e. The van der Waals surface area contributed by atoms with Crippen LogP contribution in [0.25, 0.3) is 0 Å². The van der Waals surface area contributed by atoms with Crippen molar-refractivity contribution in [2.45, 2.75) is 36.8 Å². The molecule has 2 aliphatic heterocycles. The summed E-state index contributed by atoms with van der Waals surface area (Å²) >= 11 is 2.36. The number of morpholine rings is 1. The van der Waals surface area contributed by atoms with Gasteiger partial charge in [-0.1, -0.05) is 32.2 Å². The van der Waals surface area contributed by atoms with Crippen LogP contribution in [0.5, 0.6) is 0 Å². The molecule has 4 rings (SSSR count).